The molecule has 1 aromatic rings. The summed E-state index contributed by atoms with van der Waals surface area (Å²) in [5.74, 6) is -0.254. The second-order valence-corrected chi connectivity index (χ2v) is 11.6. The summed E-state index contributed by atoms with van der Waals surface area (Å²) in [4.78, 5) is 37.2. The summed E-state index contributed by atoms with van der Waals surface area (Å²) >= 11 is 6.12. The molecule has 0 aliphatic carbocycles. The zero-order chi connectivity index (χ0) is 33.0. The van der Waals surface area contributed by atoms with Crippen molar-refractivity contribution in [2.75, 3.05) is 28.3 Å². The number of benzene rings is 1. The van der Waals surface area contributed by atoms with E-state index in [4.69, 9.17) is 35.7 Å². The van der Waals surface area contributed by atoms with Crippen molar-refractivity contribution in [2.45, 2.75) is 89.4 Å². The molecule has 0 radical (unpaired) electrons. The molecule has 1 aromatic carbocycles. The summed E-state index contributed by atoms with van der Waals surface area (Å²) < 4.78 is 22.7. The van der Waals surface area contributed by atoms with E-state index >= 15 is 0 Å². The Kier molecular flexibility index (Phi) is 14.6. The summed E-state index contributed by atoms with van der Waals surface area (Å²) in [5, 5.41) is 15.9. The highest BCUT2D eigenvalue weighted by Gasteiger charge is 2.63. The Morgan fingerprint density at radius 1 is 1.27 bits per heavy atom. The normalized spacial score (nSPS) is 25.0. The predicted octanol–water partition coefficient (Wildman–Crippen LogP) is 3.71. The maximum atomic E-state index is 12.5. The number of ether oxygens (including phenoxy) is 4. The lowest BCUT2D eigenvalue weighted by atomic mass is 9.85. The van der Waals surface area contributed by atoms with Crippen molar-refractivity contribution in [2.24, 2.45) is 5.92 Å². The van der Waals surface area contributed by atoms with E-state index in [0.717, 1.165) is 19.1 Å². The Morgan fingerprint density at radius 3 is 2.61 bits per heavy atom. The maximum Gasteiger partial charge on any atom is 0.407 e. The van der Waals surface area contributed by atoms with Crippen LogP contribution in [0.3, 0.4) is 0 Å². The van der Waals surface area contributed by atoms with E-state index in [1.807, 2.05) is 44.2 Å². The number of epoxide rings is 1. The van der Waals surface area contributed by atoms with Crippen molar-refractivity contribution in [3.63, 3.8) is 0 Å². The van der Waals surface area contributed by atoms with Gasteiger partial charge >= 0.3 is 12.1 Å². The molecule has 2 heterocycles. The van der Waals surface area contributed by atoms with E-state index in [1.165, 1.54) is 12.6 Å². The van der Waals surface area contributed by atoms with E-state index in [0.29, 0.717) is 23.6 Å². The van der Waals surface area contributed by atoms with E-state index in [2.05, 4.69) is 29.0 Å². The van der Waals surface area contributed by atoms with E-state index < -0.39 is 35.9 Å². The minimum atomic E-state index is -0.877. The second kappa shape index (κ2) is 17.4. The van der Waals surface area contributed by atoms with Crippen LogP contribution in [0.25, 0.3) is 0 Å². The van der Waals surface area contributed by atoms with Crippen LogP contribution >= 0.6 is 11.6 Å². The fourth-order valence-electron chi connectivity index (χ4n) is 5.19. The van der Waals surface area contributed by atoms with Gasteiger partial charge in [0.2, 0.25) is 5.91 Å². The SMILES string of the molecule is CNC(=O)C[C@H](OC(=O)C(C)NC)C1(C)OC1[C@H](C)C1CC(C/C=C/C=C(\C)Cc2ccc(Cl)c(OC)c2)NC(=O)O1.CO. The Balaban J connectivity index is 0.00000330. The molecule has 7 atom stereocenters. The Labute approximate surface area is 265 Å². The van der Waals surface area contributed by atoms with Gasteiger partial charge in [-0.25, -0.2) is 4.79 Å². The smallest absolute Gasteiger partial charge is 0.407 e. The number of amides is 2. The molecular weight excluding hydrogens is 590 g/mol. The Hall–Kier alpha value is -3.12. The first-order valence-electron chi connectivity index (χ1n) is 14.7. The second-order valence-electron chi connectivity index (χ2n) is 11.2. The number of carbonyl (C=O) groups excluding carboxylic acids is 3. The molecule has 246 valence electrons. The molecule has 2 saturated heterocycles. The predicted molar refractivity (Wildman–Crippen MR) is 169 cm³/mol. The number of hydrogen-bond acceptors (Lipinski definition) is 9. The average molecular weight is 638 g/mol. The van der Waals surface area contributed by atoms with Crippen molar-refractivity contribution in [1.29, 1.82) is 0 Å². The number of aliphatic hydroxyl groups excluding tert-OH is 1. The third kappa shape index (κ3) is 10.2. The number of cyclic esters (lactones) is 1. The highest BCUT2D eigenvalue weighted by atomic mass is 35.5. The molecule has 12 heteroatoms. The Bertz CT molecular complexity index is 1190. The lowest BCUT2D eigenvalue weighted by Gasteiger charge is -2.33. The third-order valence-electron chi connectivity index (χ3n) is 8.02. The number of esters is 1. The van der Waals surface area contributed by atoms with Crippen LogP contribution in [0.15, 0.2) is 42.0 Å². The summed E-state index contributed by atoms with van der Waals surface area (Å²) in [6, 6.07) is 5.11. The molecule has 3 rings (SSSR count). The standard InChI is InChI=1S/C31H44ClN3O7.CH4O/c1-18(14-21-12-13-23(32)25(15-21)39-7)10-8-9-11-22-16-24(40-30(38)35-22)19(2)28-31(4,42-28)26(17-27(36)34-6)41-29(37)20(3)33-5;1-2/h8-10,12-13,15,19-20,22,24,26,28,33H,11,14,16-17H2,1-7H3,(H,34,36)(H,35,38);2H,1H3/b9-8+,18-10+;/t19-,20?,22?,24?,26+,28?,31?;/m1./s1. The molecule has 2 amide bonds. The first kappa shape index (κ1) is 37.1. The van der Waals surface area contributed by atoms with Crippen LogP contribution in [0.1, 0.15) is 52.5 Å². The number of rotatable bonds is 14. The maximum absolute atomic E-state index is 12.5. The van der Waals surface area contributed by atoms with Crippen molar-refractivity contribution in [3.05, 3.63) is 52.6 Å². The number of carbonyl (C=O) groups is 3. The Morgan fingerprint density at radius 2 is 1.98 bits per heavy atom. The number of nitrogens with one attached hydrogen (secondary N) is 3. The first-order chi connectivity index (χ1) is 20.9. The van der Waals surface area contributed by atoms with E-state index in [-0.39, 0.29) is 30.4 Å². The molecule has 5 unspecified atom stereocenters. The highest BCUT2D eigenvalue weighted by Crippen LogP contribution is 2.48. The molecule has 0 saturated carbocycles. The lowest BCUT2D eigenvalue weighted by molar-refractivity contribution is -0.155. The van der Waals surface area contributed by atoms with Gasteiger partial charge in [-0.1, -0.05) is 48.4 Å². The van der Waals surface area contributed by atoms with Gasteiger partial charge in [-0.2, -0.15) is 0 Å². The lowest BCUT2D eigenvalue weighted by Crippen LogP contribution is -2.49. The van der Waals surface area contributed by atoms with E-state index in [9.17, 15) is 14.4 Å². The number of methoxy groups -OCH3 is 1. The van der Waals surface area contributed by atoms with Crippen LogP contribution in [0.4, 0.5) is 4.79 Å². The summed E-state index contributed by atoms with van der Waals surface area (Å²) in [7, 11) is 5.79. The zero-order valence-electron chi connectivity index (χ0n) is 26.9. The molecule has 0 spiro atoms. The van der Waals surface area contributed by atoms with Gasteiger partial charge in [0.05, 0.1) is 24.7 Å². The van der Waals surface area contributed by atoms with Gasteiger partial charge in [-0.3, -0.25) is 9.59 Å². The zero-order valence-corrected chi connectivity index (χ0v) is 27.7. The number of alkyl carbamates (subject to hydrolysis) is 1. The minimum Gasteiger partial charge on any atom is -0.495 e. The number of halogens is 1. The van der Waals surface area contributed by atoms with E-state index in [1.54, 1.807) is 21.1 Å². The highest BCUT2D eigenvalue weighted by molar-refractivity contribution is 6.32. The molecule has 2 fully saturated rings. The average Bonchev–Trinajstić information content (AvgIpc) is 3.71. The molecule has 2 aliphatic heterocycles. The van der Waals surface area contributed by atoms with Gasteiger partial charge in [0.25, 0.3) is 0 Å². The monoisotopic (exact) mass is 637 g/mol. The molecule has 4 N–H and O–H groups in total. The fraction of sp³-hybridized carbons (Fsp3) is 0.594. The molecule has 0 bridgehead atoms. The molecule has 11 nitrogen and oxygen atoms in total. The molecule has 2 aliphatic rings. The fourth-order valence-corrected chi connectivity index (χ4v) is 5.38. The number of allylic oxidation sites excluding steroid dienone is 3. The van der Waals surface area contributed by atoms with Crippen molar-refractivity contribution >= 4 is 29.6 Å². The van der Waals surface area contributed by atoms with Crippen LogP contribution in [-0.4, -0.2) is 87.4 Å². The largest absolute Gasteiger partial charge is 0.495 e. The van der Waals surface area contributed by atoms with Gasteiger partial charge in [0.1, 0.15) is 29.6 Å². The van der Waals surface area contributed by atoms with Gasteiger partial charge < -0.3 is 40.0 Å². The topological polar surface area (TPSA) is 148 Å². The van der Waals surface area contributed by atoms with Crippen LogP contribution in [0.2, 0.25) is 5.02 Å². The van der Waals surface area contributed by atoms with Crippen molar-refractivity contribution < 1.29 is 38.4 Å². The van der Waals surface area contributed by atoms with Crippen molar-refractivity contribution in [1.82, 2.24) is 16.0 Å². The summed E-state index contributed by atoms with van der Waals surface area (Å²) in [6.45, 7) is 7.53. The number of aliphatic hydroxyl groups is 1. The van der Waals surface area contributed by atoms with Gasteiger partial charge in [-0.15, -0.1) is 0 Å². The number of likely N-dealkylation sites (N-methyl/N-ethyl adjacent to an activating group) is 1. The molecular formula is C32H48ClN3O8. The van der Waals surface area contributed by atoms with Crippen LogP contribution in [0, 0.1) is 5.92 Å². The summed E-state index contributed by atoms with van der Waals surface area (Å²) in [5.41, 5.74) is 1.39. The van der Waals surface area contributed by atoms with Crippen LogP contribution < -0.4 is 20.7 Å². The third-order valence-corrected chi connectivity index (χ3v) is 8.33. The van der Waals surface area contributed by atoms with Gasteiger partial charge in [-0.05, 0) is 58.4 Å². The minimum absolute atomic E-state index is 0.0314. The summed E-state index contributed by atoms with van der Waals surface area (Å²) in [6.07, 6.45) is 6.03. The van der Waals surface area contributed by atoms with Crippen LogP contribution in [0.5, 0.6) is 5.75 Å². The van der Waals surface area contributed by atoms with Gasteiger partial charge in [0.15, 0.2) is 0 Å². The van der Waals surface area contributed by atoms with Crippen molar-refractivity contribution in [3.8, 4) is 5.75 Å². The first-order valence-corrected chi connectivity index (χ1v) is 15.1. The van der Waals surface area contributed by atoms with Crippen LogP contribution in [-0.2, 0) is 30.2 Å². The van der Waals surface area contributed by atoms with Gasteiger partial charge in [0, 0.05) is 32.5 Å². The molecule has 0 aromatic heterocycles. The quantitative estimate of drug-likeness (QED) is 0.136. The number of hydrogen-bond donors (Lipinski definition) is 4. The molecule has 44 heavy (non-hydrogen) atoms.